The maximum Gasteiger partial charge on any atom is 0.154 e. The molecule has 5 heteroatoms. The third-order valence-corrected chi connectivity index (χ3v) is 1.78. The largest absolute Gasteiger partial charge is 0.345 e. The molecule has 0 aromatic carbocycles. The number of rotatable bonds is 1. The lowest BCUT2D eigenvalue weighted by Gasteiger charge is -2.02. The van der Waals surface area contributed by atoms with Crippen LogP contribution in [0.3, 0.4) is 0 Å². The Balaban J connectivity index is 2.92. The molecule has 0 fully saturated rings. The van der Waals surface area contributed by atoms with E-state index in [1.807, 2.05) is 6.07 Å². The van der Waals surface area contributed by atoms with Gasteiger partial charge in [0, 0.05) is 6.20 Å². The lowest BCUT2D eigenvalue weighted by molar-refractivity contribution is 0.701. The zero-order valence-corrected chi connectivity index (χ0v) is 6.41. The van der Waals surface area contributed by atoms with Crippen LogP contribution in [0.15, 0.2) is 18.5 Å². The molecular formula is C7H9N5. The van der Waals surface area contributed by atoms with Gasteiger partial charge in [0.05, 0.1) is 18.4 Å². The minimum atomic E-state index is 0.301. The number of hydrogen-bond acceptors (Lipinski definition) is 3. The number of aromatic nitrogens is 3. The highest BCUT2D eigenvalue weighted by Gasteiger charge is 1.99. The fourth-order valence-electron chi connectivity index (χ4n) is 1.20. The summed E-state index contributed by atoms with van der Waals surface area (Å²) in [6.45, 7) is 0.301. The number of aromatic amines is 1. The molecule has 0 saturated heterocycles. The van der Waals surface area contributed by atoms with Crippen LogP contribution in [0.2, 0.25) is 0 Å². The molecule has 0 spiro atoms. The molecule has 5 nitrogen and oxygen atoms in total. The molecule has 0 aliphatic heterocycles. The Labute approximate surface area is 68.4 Å². The number of hydrogen-bond donors (Lipinski definition) is 3. The summed E-state index contributed by atoms with van der Waals surface area (Å²) in [6.07, 6.45) is 3.26. The first-order chi connectivity index (χ1) is 5.83. The normalized spacial score (nSPS) is 10.8. The van der Waals surface area contributed by atoms with Gasteiger partial charge in [-0.05, 0) is 6.07 Å². The first-order valence-electron chi connectivity index (χ1n) is 3.60. The lowest BCUT2D eigenvalue weighted by Crippen LogP contribution is -2.24. The van der Waals surface area contributed by atoms with Gasteiger partial charge in [-0.1, -0.05) is 0 Å². The highest BCUT2D eigenvalue weighted by atomic mass is 15.1. The summed E-state index contributed by atoms with van der Waals surface area (Å²) in [4.78, 5) is 6.98. The molecule has 4 N–H and O–H groups in total. The van der Waals surface area contributed by atoms with Crippen molar-refractivity contribution in [2.24, 2.45) is 5.73 Å². The molecule has 2 aromatic rings. The van der Waals surface area contributed by atoms with Crippen molar-refractivity contribution in [3.8, 4) is 0 Å². The smallest absolute Gasteiger partial charge is 0.154 e. The molecule has 12 heavy (non-hydrogen) atoms. The second-order valence-corrected chi connectivity index (χ2v) is 2.47. The molecular weight excluding hydrogens is 154 g/mol. The second kappa shape index (κ2) is 2.46. The quantitative estimate of drug-likeness (QED) is 0.542. The number of nitrogens with zero attached hydrogens (tertiary/aromatic N) is 2. The maximum absolute atomic E-state index is 7.50. The Morgan fingerprint density at radius 3 is 3.25 bits per heavy atom. The lowest BCUT2D eigenvalue weighted by atomic mass is 10.5. The molecule has 0 bridgehead atoms. The van der Waals surface area contributed by atoms with E-state index in [1.54, 1.807) is 10.8 Å². The zero-order chi connectivity index (χ0) is 8.55. The second-order valence-electron chi connectivity index (χ2n) is 2.47. The van der Waals surface area contributed by atoms with Crippen LogP contribution in [0.5, 0.6) is 0 Å². The maximum atomic E-state index is 7.50. The highest BCUT2D eigenvalue weighted by Crippen LogP contribution is 2.04. The van der Waals surface area contributed by atoms with Crippen molar-refractivity contribution in [1.29, 1.82) is 5.41 Å². The molecule has 2 rings (SSSR count). The average Bonchev–Trinajstić information content (AvgIpc) is 2.52. The topological polar surface area (TPSA) is 83.5 Å². The van der Waals surface area contributed by atoms with Gasteiger partial charge in [-0.25, -0.2) is 4.98 Å². The predicted octanol–water partition coefficient (Wildman–Crippen LogP) is -0.240. The molecule has 2 heterocycles. The summed E-state index contributed by atoms with van der Waals surface area (Å²) in [7, 11) is 0. The van der Waals surface area contributed by atoms with Gasteiger partial charge in [0.1, 0.15) is 5.49 Å². The summed E-state index contributed by atoms with van der Waals surface area (Å²) in [6, 6.07) is 1.85. The molecule has 2 aromatic heterocycles. The summed E-state index contributed by atoms with van der Waals surface area (Å²) in [5.74, 6) is 0. The van der Waals surface area contributed by atoms with Crippen molar-refractivity contribution < 1.29 is 0 Å². The fraction of sp³-hybridized carbons (Fsp3) is 0.143. The third kappa shape index (κ3) is 0.835. The van der Waals surface area contributed by atoms with Crippen LogP contribution in [0.4, 0.5) is 0 Å². The Kier molecular flexibility index (Phi) is 1.44. The van der Waals surface area contributed by atoms with E-state index < -0.39 is 0 Å². The van der Waals surface area contributed by atoms with E-state index in [0.717, 1.165) is 11.2 Å². The SMILES string of the molecule is N=c1cnc2[nH]ccc2n1CN. The summed E-state index contributed by atoms with van der Waals surface area (Å²) < 4.78 is 1.68. The molecule has 0 aliphatic carbocycles. The predicted molar refractivity (Wildman–Crippen MR) is 44.1 cm³/mol. The van der Waals surface area contributed by atoms with Gasteiger partial charge in [-0.3, -0.25) is 5.41 Å². The van der Waals surface area contributed by atoms with Gasteiger partial charge in [-0.15, -0.1) is 0 Å². The Bertz CT molecular complexity index is 452. The van der Waals surface area contributed by atoms with E-state index in [9.17, 15) is 0 Å². The summed E-state index contributed by atoms with van der Waals surface area (Å²) >= 11 is 0. The average molecular weight is 163 g/mol. The van der Waals surface area contributed by atoms with Gasteiger partial charge in [0.15, 0.2) is 5.65 Å². The fourth-order valence-corrected chi connectivity index (χ4v) is 1.20. The molecule has 0 aliphatic rings. The van der Waals surface area contributed by atoms with Crippen molar-refractivity contribution in [2.75, 3.05) is 0 Å². The summed E-state index contributed by atoms with van der Waals surface area (Å²) in [5, 5.41) is 7.50. The van der Waals surface area contributed by atoms with Gasteiger partial charge < -0.3 is 15.3 Å². The van der Waals surface area contributed by atoms with Crippen LogP contribution in [0.25, 0.3) is 11.2 Å². The molecule has 0 radical (unpaired) electrons. The van der Waals surface area contributed by atoms with Crippen LogP contribution in [-0.4, -0.2) is 14.5 Å². The Hall–Kier alpha value is -1.62. The van der Waals surface area contributed by atoms with E-state index in [2.05, 4.69) is 9.97 Å². The number of H-pyrrole nitrogens is 1. The zero-order valence-electron chi connectivity index (χ0n) is 6.41. The molecule has 62 valence electrons. The van der Waals surface area contributed by atoms with E-state index in [-0.39, 0.29) is 0 Å². The van der Waals surface area contributed by atoms with Crippen LogP contribution < -0.4 is 11.2 Å². The first-order valence-corrected chi connectivity index (χ1v) is 3.60. The van der Waals surface area contributed by atoms with Crippen molar-refractivity contribution in [3.63, 3.8) is 0 Å². The van der Waals surface area contributed by atoms with E-state index >= 15 is 0 Å². The third-order valence-electron chi connectivity index (χ3n) is 1.78. The van der Waals surface area contributed by atoms with Gasteiger partial charge in [0.25, 0.3) is 0 Å². The van der Waals surface area contributed by atoms with Crippen LogP contribution in [0.1, 0.15) is 0 Å². The first kappa shape index (κ1) is 7.05. The monoisotopic (exact) mass is 163 g/mol. The van der Waals surface area contributed by atoms with Gasteiger partial charge in [-0.2, -0.15) is 0 Å². The Morgan fingerprint density at radius 2 is 2.50 bits per heavy atom. The molecule has 0 amide bonds. The standard InChI is InChI=1S/C7H9N5/c8-4-12-5-1-2-10-7(5)11-3-6(12)9/h1-3,9-10H,4,8H2. The minimum Gasteiger partial charge on any atom is -0.345 e. The van der Waals surface area contributed by atoms with Crippen molar-refractivity contribution in [2.45, 2.75) is 6.67 Å². The molecule has 0 unspecified atom stereocenters. The Morgan fingerprint density at radius 1 is 1.67 bits per heavy atom. The number of fused-ring (bicyclic) bond motifs is 1. The van der Waals surface area contributed by atoms with Gasteiger partial charge >= 0.3 is 0 Å². The van der Waals surface area contributed by atoms with Crippen LogP contribution in [0, 0.1) is 5.41 Å². The van der Waals surface area contributed by atoms with E-state index in [0.29, 0.717) is 12.2 Å². The van der Waals surface area contributed by atoms with Crippen LogP contribution >= 0.6 is 0 Å². The minimum absolute atomic E-state index is 0.301. The highest BCUT2D eigenvalue weighted by molar-refractivity contribution is 5.70. The number of nitrogens with one attached hydrogen (secondary N) is 2. The number of nitrogens with two attached hydrogens (primary N) is 1. The summed E-state index contributed by atoms with van der Waals surface area (Å²) in [5.41, 5.74) is 7.43. The van der Waals surface area contributed by atoms with E-state index in [1.165, 1.54) is 6.20 Å². The molecule has 0 atom stereocenters. The van der Waals surface area contributed by atoms with Gasteiger partial charge in [0.2, 0.25) is 0 Å². The van der Waals surface area contributed by atoms with Crippen LogP contribution in [-0.2, 0) is 6.67 Å². The van der Waals surface area contributed by atoms with Crippen molar-refractivity contribution in [1.82, 2.24) is 14.5 Å². The van der Waals surface area contributed by atoms with E-state index in [4.69, 9.17) is 11.1 Å². The van der Waals surface area contributed by atoms with Crippen molar-refractivity contribution in [3.05, 3.63) is 23.9 Å². The molecule has 0 saturated carbocycles. The van der Waals surface area contributed by atoms with Crippen molar-refractivity contribution >= 4 is 11.2 Å².